The van der Waals surface area contributed by atoms with E-state index in [0.717, 1.165) is 67.5 Å². The lowest BCUT2D eigenvalue weighted by Crippen LogP contribution is -2.46. The summed E-state index contributed by atoms with van der Waals surface area (Å²) in [6, 6.07) is 15.0. The minimum atomic E-state index is -0.311. The van der Waals surface area contributed by atoms with Crippen molar-refractivity contribution in [3.63, 3.8) is 0 Å². The van der Waals surface area contributed by atoms with E-state index in [-0.39, 0.29) is 5.54 Å². The van der Waals surface area contributed by atoms with Gasteiger partial charge < -0.3 is 20.3 Å². The highest BCUT2D eigenvalue weighted by Crippen LogP contribution is 2.43. The smallest absolute Gasteiger partial charge is 0.210 e. The number of ether oxygens (including phenoxy) is 1. The Labute approximate surface area is 195 Å². The number of anilines is 2. The van der Waals surface area contributed by atoms with Crippen LogP contribution in [0, 0.1) is 6.92 Å². The Hall–Kier alpha value is -3.12. The molecule has 2 fully saturated rings. The number of hydrogen-bond acceptors (Lipinski definition) is 5. The molecule has 1 unspecified atom stereocenters. The highest BCUT2D eigenvalue weighted by atomic mass is 16.5. The maximum atomic E-state index is 12.0. The summed E-state index contributed by atoms with van der Waals surface area (Å²) in [4.78, 5) is 20.9. The van der Waals surface area contributed by atoms with Crippen LogP contribution in [0.25, 0.3) is 22.0 Å². The number of nitrogens with two attached hydrogens (primary N) is 1. The second kappa shape index (κ2) is 8.67. The fraction of sp³-hybridized carbons (Fsp3) is 0.407. The van der Waals surface area contributed by atoms with Gasteiger partial charge in [-0.1, -0.05) is 24.3 Å². The molecule has 172 valence electrons. The molecule has 3 aromatic rings. The van der Waals surface area contributed by atoms with Gasteiger partial charge in [0.2, 0.25) is 6.41 Å². The van der Waals surface area contributed by atoms with Crippen LogP contribution in [0.5, 0.6) is 0 Å². The number of nitrogen functional groups attached to an aromatic ring is 1. The molecule has 2 aliphatic rings. The molecule has 1 amide bonds. The third-order valence-electron chi connectivity index (χ3n) is 7.39. The molecule has 1 atom stereocenters. The number of amides is 1. The Balaban J connectivity index is 1.63. The molecule has 3 heterocycles. The fourth-order valence-corrected chi connectivity index (χ4v) is 5.49. The molecule has 0 spiro atoms. The first-order valence-corrected chi connectivity index (χ1v) is 11.9. The van der Waals surface area contributed by atoms with Crippen LogP contribution in [0.2, 0.25) is 0 Å². The largest absolute Gasteiger partial charge is 0.382 e. The lowest BCUT2D eigenvalue weighted by Gasteiger charge is -2.44. The van der Waals surface area contributed by atoms with E-state index >= 15 is 0 Å². The van der Waals surface area contributed by atoms with Gasteiger partial charge in [0.25, 0.3) is 0 Å². The van der Waals surface area contributed by atoms with Gasteiger partial charge in [0, 0.05) is 25.0 Å². The van der Waals surface area contributed by atoms with Crippen LogP contribution in [-0.2, 0) is 15.1 Å². The van der Waals surface area contributed by atoms with E-state index in [1.54, 1.807) is 0 Å². The summed E-state index contributed by atoms with van der Waals surface area (Å²) in [5, 5.41) is 1.07. The van der Waals surface area contributed by atoms with Gasteiger partial charge in [-0.05, 0) is 73.6 Å². The van der Waals surface area contributed by atoms with Crippen LogP contribution in [-0.4, -0.2) is 49.1 Å². The third-order valence-corrected chi connectivity index (χ3v) is 7.39. The lowest BCUT2D eigenvalue weighted by molar-refractivity contribution is -0.125. The van der Waals surface area contributed by atoms with E-state index in [2.05, 4.69) is 61.2 Å². The number of aromatic nitrogens is 1. The molecular formula is C27H32N4O2. The zero-order chi connectivity index (χ0) is 23.0. The van der Waals surface area contributed by atoms with Crippen molar-refractivity contribution in [2.24, 2.45) is 0 Å². The monoisotopic (exact) mass is 444 g/mol. The quantitative estimate of drug-likeness (QED) is 0.601. The van der Waals surface area contributed by atoms with Crippen molar-refractivity contribution < 1.29 is 9.53 Å². The van der Waals surface area contributed by atoms with Crippen LogP contribution in [0.3, 0.4) is 0 Å². The van der Waals surface area contributed by atoms with Crippen LogP contribution >= 0.6 is 0 Å². The summed E-state index contributed by atoms with van der Waals surface area (Å²) in [5.41, 5.74) is 12.7. The van der Waals surface area contributed by atoms with Crippen LogP contribution in [0.1, 0.15) is 37.3 Å². The second-order valence-electron chi connectivity index (χ2n) is 9.43. The molecule has 2 aliphatic heterocycles. The van der Waals surface area contributed by atoms with E-state index < -0.39 is 0 Å². The number of likely N-dealkylation sites (tertiary alicyclic amines) is 1. The Morgan fingerprint density at radius 3 is 2.70 bits per heavy atom. The maximum absolute atomic E-state index is 12.0. The van der Waals surface area contributed by atoms with Crippen molar-refractivity contribution in [1.82, 2.24) is 9.88 Å². The zero-order valence-electron chi connectivity index (χ0n) is 19.5. The van der Waals surface area contributed by atoms with Crippen molar-refractivity contribution >= 4 is 28.8 Å². The highest BCUT2D eigenvalue weighted by Gasteiger charge is 2.37. The molecule has 0 saturated carbocycles. The van der Waals surface area contributed by atoms with Gasteiger partial charge in [-0.3, -0.25) is 4.79 Å². The summed E-state index contributed by atoms with van der Waals surface area (Å²) >= 11 is 0. The predicted octanol–water partition coefficient (Wildman–Crippen LogP) is 4.49. The highest BCUT2D eigenvalue weighted by molar-refractivity contribution is 5.91. The number of morpholine rings is 1. The molecule has 2 aromatic carbocycles. The van der Waals surface area contributed by atoms with Gasteiger partial charge in [0.1, 0.15) is 5.82 Å². The number of nitrogens with zero attached hydrogens (tertiary/aromatic N) is 3. The number of fused-ring (bicyclic) bond motifs is 1. The van der Waals surface area contributed by atoms with Crippen molar-refractivity contribution in [3.05, 3.63) is 53.6 Å². The molecule has 0 radical (unpaired) electrons. The molecular weight excluding hydrogens is 412 g/mol. The van der Waals surface area contributed by atoms with Gasteiger partial charge >= 0.3 is 0 Å². The maximum Gasteiger partial charge on any atom is 0.210 e. The molecule has 6 heteroatoms. The number of carbonyl (C=O) groups excluding carboxylic acids is 1. The van der Waals surface area contributed by atoms with Gasteiger partial charge in [-0.2, -0.15) is 0 Å². The summed E-state index contributed by atoms with van der Waals surface area (Å²) in [6.45, 7) is 8.21. The molecule has 1 aromatic heterocycles. The van der Waals surface area contributed by atoms with E-state index in [1.807, 2.05) is 4.90 Å². The van der Waals surface area contributed by atoms with E-state index in [9.17, 15) is 4.79 Å². The number of carbonyl (C=O) groups is 1. The summed E-state index contributed by atoms with van der Waals surface area (Å²) in [5.74, 6) is 0.560. The number of hydrogen-bond donors (Lipinski definition) is 1. The standard InChI is InChI=1S/C27H32N4O2/c1-19-6-5-7-22(27(2)10-3-4-11-31(27)18-32)25(19)20-8-9-23-21(16-20)17-24(26(28)29-23)30-12-14-33-15-13-30/h5-9,16-18H,3-4,10-15H2,1-2H3,(H2,28,29). The summed E-state index contributed by atoms with van der Waals surface area (Å²) in [7, 11) is 0. The van der Waals surface area contributed by atoms with Crippen LogP contribution in [0.15, 0.2) is 42.5 Å². The second-order valence-corrected chi connectivity index (χ2v) is 9.43. The Bertz CT molecular complexity index is 1190. The Morgan fingerprint density at radius 2 is 1.91 bits per heavy atom. The first-order valence-electron chi connectivity index (χ1n) is 11.9. The van der Waals surface area contributed by atoms with E-state index in [0.29, 0.717) is 19.0 Å². The average molecular weight is 445 g/mol. The first kappa shape index (κ1) is 21.7. The van der Waals surface area contributed by atoms with Gasteiger partial charge in [0.05, 0.1) is 30.0 Å². The number of rotatable bonds is 4. The number of pyridine rings is 1. The van der Waals surface area contributed by atoms with E-state index in [1.165, 1.54) is 16.7 Å². The SMILES string of the molecule is Cc1cccc(C2(C)CCCCN2C=O)c1-c1ccc2nc(N)c(N3CCOCC3)cc2c1. The normalized spacial score (nSPS) is 21.4. The minimum Gasteiger partial charge on any atom is -0.382 e. The van der Waals surface area contributed by atoms with Gasteiger partial charge in [-0.25, -0.2) is 4.98 Å². The number of piperidine rings is 1. The van der Waals surface area contributed by atoms with E-state index in [4.69, 9.17) is 15.5 Å². The Morgan fingerprint density at radius 1 is 1.09 bits per heavy atom. The Kier molecular flexibility index (Phi) is 5.71. The summed E-state index contributed by atoms with van der Waals surface area (Å²) in [6.07, 6.45) is 4.17. The lowest BCUT2D eigenvalue weighted by atomic mass is 9.77. The third kappa shape index (κ3) is 3.82. The topological polar surface area (TPSA) is 71.7 Å². The number of aryl methyl sites for hydroxylation is 1. The molecule has 5 rings (SSSR count). The molecule has 2 N–H and O–H groups in total. The zero-order valence-corrected chi connectivity index (χ0v) is 19.5. The van der Waals surface area contributed by atoms with Crippen molar-refractivity contribution in [2.75, 3.05) is 43.5 Å². The summed E-state index contributed by atoms with van der Waals surface area (Å²) < 4.78 is 5.51. The number of benzene rings is 2. The van der Waals surface area contributed by atoms with Crippen LogP contribution < -0.4 is 10.6 Å². The first-order chi connectivity index (χ1) is 16.0. The van der Waals surface area contributed by atoms with Gasteiger partial charge in [-0.15, -0.1) is 0 Å². The van der Waals surface area contributed by atoms with Gasteiger partial charge in [0.15, 0.2) is 0 Å². The molecule has 2 saturated heterocycles. The van der Waals surface area contributed by atoms with Crippen molar-refractivity contribution in [1.29, 1.82) is 0 Å². The average Bonchev–Trinajstić information content (AvgIpc) is 2.84. The minimum absolute atomic E-state index is 0.311. The molecule has 0 bridgehead atoms. The van der Waals surface area contributed by atoms with Crippen molar-refractivity contribution in [2.45, 2.75) is 38.6 Å². The molecule has 33 heavy (non-hydrogen) atoms. The molecule has 6 nitrogen and oxygen atoms in total. The predicted molar refractivity (Wildman–Crippen MR) is 133 cm³/mol. The fourth-order valence-electron chi connectivity index (χ4n) is 5.49. The van der Waals surface area contributed by atoms with Crippen molar-refractivity contribution in [3.8, 4) is 11.1 Å². The van der Waals surface area contributed by atoms with Crippen LogP contribution in [0.4, 0.5) is 11.5 Å². The molecule has 0 aliphatic carbocycles.